The van der Waals surface area contributed by atoms with Gasteiger partial charge in [-0.05, 0) is 28.5 Å². The molecule has 0 saturated carbocycles. The molecule has 1 aliphatic heterocycles. The molecule has 3 aromatic rings. The number of aromatic nitrogens is 1. The Morgan fingerprint density at radius 1 is 0.880 bits per heavy atom. The minimum absolute atomic E-state index is 0.903. The Morgan fingerprint density at radius 2 is 1.68 bits per heavy atom. The maximum atomic E-state index is 4.56. The van der Waals surface area contributed by atoms with Crippen LogP contribution in [0.1, 0.15) is 11.3 Å². The average Bonchev–Trinajstić information content (AvgIpc) is 2.69. The summed E-state index contributed by atoms with van der Waals surface area (Å²) in [5.41, 5.74) is 2.31. The van der Waals surface area contributed by atoms with Gasteiger partial charge in [0, 0.05) is 38.9 Å². The molecule has 2 aromatic carbocycles. The molecule has 4 nitrogen and oxygen atoms in total. The highest BCUT2D eigenvalue weighted by molar-refractivity contribution is 5.85. The van der Waals surface area contributed by atoms with Crippen LogP contribution in [-0.2, 0) is 6.54 Å². The number of hydrogen-bond donors (Lipinski definition) is 0. The molecule has 0 radical (unpaired) electrons. The van der Waals surface area contributed by atoms with Crippen molar-refractivity contribution in [2.24, 2.45) is 5.10 Å². The smallest absolute Gasteiger partial charge is 0.0830 e. The highest BCUT2D eigenvalue weighted by atomic mass is 15.5. The Bertz CT molecular complexity index is 847. The van der Waals surface area contributed by atoms with Gasteiger partial charge in [0.2, 0.25) is 0 Å². The second-order valence-electron chi connectivity index (χ2n) is 6.37. The van der Waals surface area contributed by atoms with E-state index >= 15 is 0 Å². The molecule has 4 heteroatoms. The van der Waals surface area contributed by atoms with Crippen LogP contribution in [-0.4, -0.2) is 47.3 Å². The summed E-state index contributed by atoms with van der Waals surface area (Å²) >= 11 is 0. The van der Waals surface area contributed by atoms with E-state index in [2.05, 4.69) is 62.5 Å². The Hall–Kier alpha value is -2.72. The molecule has 0 N–H and O–H groups in total. The predicted octanol–water partition coefficient (Wildman–Crippen LogP) is 3.39. The van der Waals surface area contributed by atoms with Crippen LogP contribution in [0.3, 0.4) is 0 Å². The number of rotatable bonds is 4. The lowest BCUT2D eigenvalue weighted by Gasteiger charge is -2.33. The summed E-state index contributed by atoms with van der Waals surface area (Å²) in [6.45, 7) is 4.97. The van der Waals surface area contributed by atoms with Crippen molar-refractivity contribution in [1.82, 2.24) is 14.9 Å². The lowest BCUT2D eigenvalue weighted by Crippen LogP contribution is -2.43. The highest BCUT2D eigenvalue weighted by Gasteiger charge is 2.16. The van der Waals surface area contributed by atoms with Crippen molar-refractivity contribution in [2.45, 2.75) is 6.54 Å². The number of piperazine rings is 1. The van der Waals surface area contributed by atoms with Gasteiger partial charge in [0.15, 0.2) is 0 Å². The SMILES string of the molecule is C(=N/N1CCN(Cc2cccc3ccccc23)CC1)/c1ccccn1. The number of hydrogen-bond acceptors (Lipinski definition) is 4. The molecular weight excluding hydrogens is 308 g/mol. The zero-order valence-corrected chi connectivity index (χ0v) is 14.3. The highest BCUT2D eigenvalue weighted by Crippen LogP contribution is 2.20. The summed E-state index contributed by atoms with van der Waals surface area (Å²) < 4.78 is 0. The molecule has 2 heterocycles. The van der Waals surface area contributed by atoms with Gasteiger partial charge in [-0.15, -0.1) is 0 Å². The van der Waals surface area contributed by atoms with Crippen molar-refractivity contribution in [1.29, 1.82) is 0 Å². The molecule has 1 aromatic heterocycles. The minimum Gasteiger partial charge on any atom is -0.295 e. The normalized spacial score (nSPS) is 15.9. The van der Waals surface area contributed by atoms with Crippen LogP contribution in [0.5, 0.6) is 0 Å². The van der Waals surface area contributed by atoms with Crippen LogP contribution in [0.25, 0.3) is 10.8 Å². The third-order valence-corrected chi connectivity index (χ3v) is 4.66. The Balaban J connectivity index is 1.36. The minimum atomic E-state index is 0.903. The molecule has 0 atom stereocenters. The second-order valence-corrected chi connectivity index (χ2v) is 6.37. The van der Waals surface area contributed by atoms with Crippen molar-refractivity contribution in [2.75, 3.05) is 26.2 Å². The largest absolute Gasteiger partial charge is 0.295 e. The lowest BCUT2D eigenvalue weighted by molar-refractivity contribution is 0.131. The first-order valence-corrected chi connectivity index (χ1v) is 8.77. The van der Waals surface area contributed by atoms with Gasteiger partial charge in [0.25, 0.3) is 0 Å². The van der Waals surface area contributed by atoms with Crippen LogP contribution < -0.4 is 0 Å². The molecule has 0 aliphatic carbocycles. The third-order valence-electron chi connectivity index (χ3n) is 4.66. The van der Waals surface area contributed by atoms with Crippen molar-refractivity contribution in [3.63, 3.8) is 0 Å². The molecule has 4 rings (SSSR count). The first kappa shape index (κ1) is 15.8. The average molecular weight is 330 g/mol. The van der Waals surface area contributed by atoms with E-state index in [1.807, 2.05) is 24.4 Å². The maximum Gasteiger partial charge on any atom is 0.0830 e. The molecule has 25 heavy (non-hydrogen) atoms. The van der Waals surface area contributed by atoms with E-state index < -0.39 is 0 Å². The van der Waals surface area contributed by atoms with Gasteiger partial charge in [0.05, 0.1) is 11.9 Å². The Morgan fingerprint density at radius 3 is 2.52 bits per heavy atom. The number of nitrogens with zero attached hydrogens (tertiary/aromatic N) is 4. The lowest BCUT2D eigenvalue weighted by atomic mass is 10.0. The summed E-state index contributed by atoms with van der Waals surface area (Å²) in [5, 5.41) is 9.38. The van der Waals surface area contributed by atoms with E-state index in [9.17, 15) is 0 Å². The molecule has 1 saturated heterocycles. The maximum absolute atomic E-state index is 4.56. The molecule has 0 spiro atoms. The van der Waals surface area contributed by atoms with E-state index in [0.717, 1.165) is 38.4 Å². The summed E-state index contributed by atoms with van der Waals surface area (Å²) in [4.78, 5) is 6.78. The van der Waals surface area contributed by atoms with Gasteiger partial charge >= 0.3 is 0 Å². The third kappa shape index (κ3) is 3.86. The first-order chi connectivity index (χ1) is 12.4. The summed E-state index contributed by atoms with van der Waals surface area (Å²) in [6.07, 6.45) is 3.64. The van der Waals surface area contributed by atoms with Crippen LogP contribution in [0, 0.1) is 0 Å². The van der Waals surface area contributed by atoms with Gasteiger partial charge in [-0.3, -0.25) is 14.9 Å². The number of benzene rings is 2. The predicted molar refractivity (Wildman–Crippen MR) is 103 cm³/mol. The number of fused-ring (bicyclic) bond motifs is 1. The fraction of sp³-hybridized carbons (Fsp3) is 0.238. The van der Waals surface area contributed by atoms with E-state index in [-0.39, 0.29) is 0 Å². The number of pyridine rings is 1. The van der Waals surface area contributed by atoms with Gasteiger partial charge in [-0.2, -0.15) is 5.10 Å². The van der Waals surface area contributed by atoms with Gasteiger partial charge in [-0.25, -0.2) is 0 Å². The molecule has 0 bridgehead atoms. The van der Waals surface area contributed by atoms with Crippen molar-refractivity contribution < 1.29 is 0 Å². The monoisotopic (exact) mass is 330 g/mol. The molecular formula is C21H22N4. The summed E-state index contributed by atoms with van der Waals surface area (Å²) in [7, 11) is 0. The summed E-state index contributed by atoms with van der Waals surface area (Å²) in [5.74, 6) is 0. The van der Waals surface area contributed by atoms with E-state index in [4.69, 9.17) is 0 Å². The quantitative estimate of drug-likeness (QED) is 0.687. The topological polar surface area (TPSA) is 31.7 Å². The van der Waals surface area contributed by atoms with Crippen LogP contribution in [0.15, 0.2) is 72.0 Å². The fourth-order valence-corrected chi connectivity index (χ4v) is 3.28. The molecule has 1 aliphatic rings. The Kier molecular flexibility index (Phi) is 4.70. The fourth-order valence-electron chi connectivity index (χ4n) is 3.28. The summed E-state index contributed by atoms with van der Waals surface area (Å²) in [6, 6.07) is 21.1. The van der Waals surface area contributed by atoms with E-state index in [1.165, 1.54) is 16.3 Å². The number of hydrazone groups is 1. The second kappa shape index (κ2) is 7.45. The van der Waals surface area contributed by atoms with Crippen molar-refractivity contribution in [3.8, 4) is 0 Å². The van der Waals surface area contributed by atoms with Crippen LogP contribution in [0.4, 0.5) is 0 Å². The van der Waals surface area contributed by atoms with Crippen molar-refractivity contribution in [3.05, 3.63) is 78.1 Å². The van der Waals surface area contributed by atoms with Gasteiger partial charge in [0.1, 0.15) is 0 Å². The first-order valence-electron chi connectivity index (χ1n) is 8.77. The van der Waals surface area contributed by atoms with Crippen LogP contribution in [0.2, 0.25) is 0 Å². The van der Waals surface area contributed by atoms with Gasteiger partial charge in [-0.1, -0.05) is 48.5 Å². The van der Waals surface area contributed by atoms with E-state index in [0.29, 0.717) is 0 Å². The zero-order chi connectivity index (χ0) is 16.9. The Labute approximate surface area is 148 Å². The molecule has 0 unspecified atom stereocenters. The van der Waals surface area contributed by atoms with Gasteiger partial charge < -0.3 is 0 Å². The molecule has 0 amide bonds. The zero-order valence-electron chi connectivity index (χ0n) is 14.3. The standard InChI is InChI=1S/C21H22N4/c1-2-10-21-18(6-1)7-5-8-19(21)17-24-12-14-25(15-13-24)23-16-20-9-3-4-11-22-20/h1-11,16H,12-15,17H2/b23-16-. The van der Waals surface area contributed by atoms with E-state index in [1.54, 1.807) is 6.20 Å². The van der Waals surface area contributed by atoms with Crippen LogP contribution >= 0.6 is 0 Å². The van der Waals surface area contributed by atoms with Crippen molar-refractivity contribution >= 4 is 17.0 Å². The molecule has 1 fully saturated rings. The molecule has 126 valence electrons.